The van der Waals surface area contributed by atoms with E-state index in [0.717, 1.165) is 69.6 Å². The highest BCUT2D eigenvalue weighted by Crippen LogP contribution is 2.31. The molecule has 2 aliphatic heterocycles. The number of sulfone groups is 1. The van der Waals surface area contributed by atoms with Gasteiger partial charge in [-0.05, 0) is 99.5 Å². The summed E-state index contributed by atoms with van der Waals surface area (Å²) in [5, 5.41) is 0. The SMILES string of the molecule is CS(=O)(=O)c1ccc(C(CCN2CCC(CCS(=O)(=O)N3CCCCC3)CC2)c2cc(F)cc(F)c2)cc1. The number of likely N-dealkylation sites (tertiary alicyclic amines) is 1. The van der Waals surface area contributed by atoms with Crippen LogP contribution in [-0.4, -0.2) is 70.8 Å². The van der Waals surface area contributed by atoms with E-state index in [9.17, 15) is 25.6 Å². The molecule has 0 spiro atoms. The zero-order valence-corrected chi connectivity index (χ0v) is 23.6. The Morgan fingerprint density at radius 2 is 1.45 bits per heavy atom. The Morgan fingerprint density at radius 3 is 2.03 bits per heavy atom. The van der Waals surface area contributed by atoms with Gasteiger partial charge in [-0.1, -0.05) is 18.6 Å². The number of hydrogen-bond donors (Lipinski definition) is 0. The normalized spacial score (nSPS) is 19.4. The van der Waals surface area contributed by atoms with Gasteiger partial charge in [0.1, 0.15) is 11.6 Å². The molecule has 2 saturated heterocycles. The first-order valence-corrected chi connectivity index (χ1v) is 17.0. The van der Waals surface area contributed by atoms with Crippen LogP contribution in [0.25, 0.3) is 0 Å². The van der Waals surface area contributed by atoms with Crippen LogP contribution in [0.5, 0.6) is 0 Å². The van der Waals surface area contributed by atoms with Crippen molar-refractivity contribution in [3.63, 3.8) is 0 Å². The summed E-state index contributed by atoms with van der Waals surface area (Å²) in [4.78, 5) is 2.53. The van der Waals surface area contributed by atoms with Gasteiger partial charge < -0.3 is 4.90 Å². The Morgan fingerprint density at radius 1 is 0.842 bits per heavy atom. The number of benzene rings is 2. The molecule has 0 radical (unpaired) electrons. The summed E-state index contributed by atoms with van der Waals surface area (Å²) in [6.07, 6.45) is 7.31. The molecule has 0 amide bonds. The number of halogens is 2. The Hall–Kier alpha value is -1.88. The van der Waals surface area contributed by atoms with E-state index >= 15 is 0 Å². The van der Waals surface area contributed by atoms with Crippen molar-refractivity contribution in [2.45, 2.75) is 55.8 Å². The fourth-order valence-corrected chi connectivity index (χ4v) is 7.98. The van der Waals surface area contributed by atoms with E-state index in [2.05, 4.69) is 4.90 Å². The van der Waals surface area contributed by atoms with Crippen molar-refractivity contribution in [1.82, 2.24) is 9.21 Å². The minimum Gasteiger partial charge on any atom is -0.303 e. The second kappa shape index (κ2) is 12.5. The molecular formula is C28H38F2N2O4S2. The molecule has 4 rings (SSSR count). The van der Waals surface area contributed by atoms with Crippen LogP contribution in [0.4, 0.5) is 8.78 Å². The summed E-state index contributed by atoms with van der Waals surface area (Å²) in [5.41, 5.74) is 1.33. The lowest BCUT2D eigenvalue weighted by Gasteiger charge is -2.33. The molecule has 0 saturated carbocycles. The second-order valence-electron chi connectivity index (χ2n) is 10.7. The van der Waals surface area contributed by atoms with Crippen LogP contribution >= 0.6 is 0 Å². The number of hydrogen-bond acceptors (Lipinski definition) is 5. The number of nitrogens with zero attached hydrogens (tertiary/aromatic N) is 2. The van der Waals surface area contributed by atoms with Gasteiger partial charge in [0.2, 0.25) is 10.0 Å². The average Bonchev–Trinajstić information content (AvgIpc) is 2.88. The first-order chi connectivity index (χ1) is 18.0. The van der Waals surface area contributed by atoms with Gasteiger partial charge in [-0.25, -0.2) is 29.9 Å². The molecule has 2 heterocycles. The van der Waals surface area contributed by atoms with Crippen molar-refractivity contribution in [2.24, 2.45) is 5.92 Å². The van der Waals surface area contributed by atoms with Gasteiger partial charge in [0.25, 0.3) is 0 Å². The minimum atomic E-state index is -3.35. The van der Waals surface area contributed by atoms with E-state index in [-0.39, 0.29) is 16.6 Å². The van der Waals surface area contributed by atoms with Gasteiger partial charge in [-0.15, -0.1) is 0 Å². The number of piperidine rings is 2. The van der Waals surface area contributed by atoms with Gasteiger partial charge >= 0.3 is 0 Å². The van der Waals surface area contributed by atoms with Gasteiger partial charge in [0, 0.05) is 31.3 Å². The zero-order valence-electron chi connectivity index (χ0n) is 22.0. The van der Waals surface area contributed by atoms with E-state index in [1.54, 1.807) is 16.4 Å². The van der Waals surface area contributed by atoms with Gasteiger partial charge in [-0.3, -0.25) is 0 Å². The predicted octanol–water partition coefficient (Wildman–Crippen LogP) is 4.81. The summed E-state index contributed by atoms with van der Waals surface area (Å²) in [5.74, 6) is -0.978. The van der Waals surface area contributed by atoms with Gasteiger partial charge in [-0.2, -0.15) is 0 Å². The summed E-state index contributed by atoms with van der Waals surface area (Å²) in [7, 11) is -6.52. The van der Waals surface area contributed by atoms with Crippen molar-refractivity contribution in [1.29, 1.82) is 0 Å². The first-order valence-electron chi connectivity index (χ1n) is 13.5. The third-order valence-electron chi connectivity index (χ3n) is 7.93. The van der Waals surface area contributed by atoms with Crippen molar-refractivity contribution >= 4 is 19.9 Å². The summed E-state index contributed by atoms with van der Waals surface area (Å²) < 4.78 is 78.9. The minimum absolute atomic E-state index is 0.204. The second-order valence-corrected chi connectivity index (χ2v) is 14.8. The molecule has 10 heteroatoms. The standard InChI is InChI=1S/C28H38F2N2O4S2/c1-37(33,34)27-7-5-23(6-8-27)28(24-19-25(29)21-26(30)20-24)11-17-31-15-9-22(10-16-31)12-18-38(35,36)32-13-3-2-4-14-32/h5-8,19-22,28H,2-4,9-18H2,1H3. The molecule has 2 fully saturated rings. The van der Waals surface area contributed by atoms with E-state index in [0.29, 0.717) is 37.4 Å². The lowest BCUT2D eigenvalue weighted by molar-refractivity contribution is 0.178. The molecule has 0 aromatic heterocycles. The maximum atomic E-state index is 14.1. The van der Waals surface area contributed by atoms with Crippen LogP contribution in [-0.2, 0) is 19.9 Å². The highest BCUT2D eigenvalue weighted by Gasteiger charge is 2.27. The van der Waals surface area contributed by atoms with E-state index in [1.807, 2.05) is 0 Å². The average molecular weight is 569 g/mol. The fourth-order valence-electron chi connectivity index (χ4n) is 5.65. The van der Waals surface area contributed by atoms with Crippen LogP contribution in [0.15, 0.2) is 47.4 Å². The Balaban J connectivity index is 1.36. The molecule has 2 aliphatic rings. The molecule has 1 atom stereocenters. The highest BCUT2D eigenvalue weighted by molar-refractivity contribution is 7.90. The third-order valence-corrected chi connectivity index (χ3v) is 11.0. The monoisotopic (exact) mass is 568 g/mol. The van der Waals surface area contributed by atoms with E-state index in [4.69, 9.17) is 0 Å². The molecule has 1 unspecified atom stereocenters. The Bertz CT molecular complexity index is 1270. The summed E-state index contributed by atoms with van der Waals surface area (Å²) in [6.45, 7) is 3.72. The van der Waals surface area contributed by atoms with Crippen molar-refractivity contribution in [3.05, 3.63) is 65.2 Å². The smallest absolute Gasteiger partial charge is 0.214 e. The van der Waals surface area contributed by atoms with Crippen molar-refractivity contribution < 1.29 is 25.6 Å². The third kappa shape index (κ3) is 7.83. The zero-order chi connectivity index (χ0) is 27.3. The van der Waals surface area contributed by atoms with Crippen molar-refractivity contribution in [2.75, 3.05) is 44.7 Å². The molecule has 0 aliphatic carbocycles. The maximum absolute atomic E-state index is 14.1. The van der Waals surface area contributed by atoms with E-state index < -0.39 is 31.5 Å². The molecule has 38 heavy (non-hydrogen) atoms. The first kappa shape index (κ1) is 29.1. The molecule has 0 N–H and O–H groups in total. The Labute approximate surface area is 226 Å². The predicted molar refractivity (Wildman–Crippen MR) is 145 cm³/mol. The van der Waals surface area contributed by atoms with Crippen molar-refractivity contribution in [3.8, 4) is 0 Å². The van der Waals surface area contributed by atoms with Crippen LogP contribution < -0.4 is 0 Å². The van der Waals surface area contributed by atoms with E-state index in [1.165, 1.54) is 24.3 Å². The molecule has 2 aromatic carbocycles. The molecular weight excluding hydrogens is 530 g/mol. The van der Waals surface area contributed by atoms with Crippen LogP contribution in [0.2, 0.25) is 0 Å². The highest BCUT2D eigenvalue weighted by atomic mass is 32.2. The van der Waals surface area contributed by atoms with Crippen LogP contribution in [0.1, 0.15) is 62.0 Å². The lowest BCUT2D eigenvalue weighted by atomic mass is 9.87. The maximum Gasteiger partial charge on any atom is 0.214 e. The number of rotatable bonds is 10. The molecule has 210 valence electrons. The largest absolute Gasteiger partial charge is 0.303 e. The fraction of sp³-hybridized carbons (Fsp3) is 0.571. The number of sulfonamides is 1. The lowest BCUT2D eigenvalue weighted by Crippen LogP contribution is -2.39. The van der Waals surface area contributed by atoms with Gasteiger partial charge in [0.15, 0.2) is 9.84 Å². The summed E-state index contributed by atoms with van der Waals surface area (Å²) in [6, 6.07) is 10.1. The molecule has 6 nitrogen and oxygen atoms in total. The molecule has 0 bridgehead atoms. The van der Waals surface area contributed by atoms with Crippen LogP contribution in [0, 0.1) is 17.6 Å². The summed E-state index contributed by atoms with van der Waals surface area (Å²) >= 11 is 0. The molecule has 2 aromatic rings. The topological polar surface area (TPSA) is 74.8 Å². The van der Waals surface area contributed by atoms with Gasteiger partial charge in [0.05, 0.1) is 10.6 Å². The quantitative estimate of drug-likeness (QED) is 0.411. The van der Waals surface area contributed by atoms with Crippen LogP contribution in [0.3, 0.4) is 0 Å². The Kier molecular flexibility index (Phi) is 9.60.